The van der Waals surface area contributed by atoms with E-state index in [0.29, 0.717) is 0 Å². The van der Waals surface area contributed by atoms with Gasteiger partial charge in [-0.25, -0.2) is 0 Å². The summed E-state index contributed by atoms with van der Waals surface area (Å²) < 4.78 is 0. The lowest BCUT2D eigenvalue weighted by molar-refractivity contribution is 1.38. The van der Waals surface area contributed by atoms with Crippen molar-refractivity contribution < 1.29 is 0 Å². The Bertz CT molecular complexity index is 751. The van der Waals surface area contributed by atoms with Crippen LogP contribution in [0.15, 0.2) is 54.6 Å². The Morgan fingerprint density at radius 2 is 1.47 bits per heavy atom. The second kappa shape index (κ2) is 4.55. The third kappa shape index (κ3) is 2.15. The van der Waals surface area contributed by atoms with E-state index in [-0.39, 0.29) is 0 Å². The summed E-state index contributed by atoms with van der Waals surface area (Å²) in [4.78, 5) is 0. The smallest absolute Gasteiger partial charge is 0.0152 e. The monoisotopic (exact) mass is 246 g/mol. The minimum Gasteiger partial charge on any atom is -0.0614 e. The number of fused-ring (bicyclic) bond motifs is 1. The first-order chi connectivity index (χ1) is 9.15. The fraction of sp³-hybridized carbons (Fsp3) is 0.158. The van der Waals surface area contributed by atoms with E-state index < -0.39 is 0 Å². The summed E-state index contributed by atoms with van der Waals surface area (Å²) in [5, 5.41) is 2.68. The molecule has 0 amide bonds. The van der Waals surface area contributed by atoms with Crippen molar-refractivity contribution in [1.82, 2.24) is 0 Å². The predicted molar refractivity (Wildman–Crippen MR) is 83.6 cm³/mol. The number of hydrogen-bond acceptors (Lipinski definition) is 0. The number of rotatable bonds is 1. The molecule has 19 heavy (non-hydrogen) atoms. The first-order valence-electron chi connectivity index (χ1n) is 6.72. The molecule has 0 unspecified atom stereocenters. The van der Waals surface area contributed by atoms with Crippen LogP contribution in [0.1, 0.15) is 16.7 Å². The summed E-state index contributed by atoms with van der Waals surface area (Å²) >= 11 is 0. The van der Waals surface area contributed by atoms with Gasteiger partial charge in [-0.15, -0.1) is 0 Å². The van der Waals surface area contributed by atoms with Crippen molar-refractivity contribution in [3.63, 3.8) is 0 Å². The predicted octanol–water partition coefficient (Wildman–Crippen LogP) is 5.43. The normalized spacial score (nSPS) is 10.9. The third-order valence-corrected chi connectivity index (χ3v) is 3.91. The lowest BCUT2D eigenvalue weighted by atomic mass is 9.96. The summed E-state index contributed by atoms with van der Waals surface area (Å²) in [6.45, 7) is 6.51. The van der Waals surface area contributed by atoms with E-state index >= 15 is 0 Å². The minimum atomic E-state index is 1.29. The molecular formula is C19H18. The van der Waals surface area contributed by atoms with Gasteiger partial charge in [0, 0.05) is 0 Å². The van der Waals surface area contributed by atoms with Gasteiger partial charge in [-0.3, -0.25) is 0 Å². The van der Waals surface area contributed by atoms with Crippen molar-refractivity contribution >= 4 is 10.8 Å². The van der Waals surface area contributed by atoms with Gasteiger partial charge in [-0.05, 0) is 59.9 Å². The molecular weight excluding hydrogens is 228 g/mol. The molecule has 94 valence electrons. The van der Waals surface area contributed by atoms with Crippen LogP contribution in [0.25, 0.3) is 21.9 Å². The van der Waals surface area contributed by atoms with Gasteiger partial charge in [-0.2, -0.15) is 0 Å². The van der Waals surface area contributed by atoms with E-state index in [9.17, 15) is 0 Å². The van der Waals surface area contributed by atoms with Gasteiger partial charge in [0.25, 0.3) is 0 Å². The summed E-state index contributed by atoms with van der Waals surface area (Å²) in [5.41, 5.74) is 6.63. The first kappa shape index (κ1) is 12.0. The van der Waals surface area contributed by atoms with E-state index in [4.69, 9.17) is 0 Å². The van der Waals surface area contributed by atoms with Crippen LogP contribution in [-0.4, -0.2) is 0 Å². The van der Waals surface area contributed by atoms with Crippen molar-refractivity contribution in [2.45, 2.75) is 20.8 Å². The highest BCUT2D eigenvalue weighted by atomic mass is 14.1. The Balaban J connectivity index is 2.20. The van der Waals surface area contributed by atoms with Gasteiger partial charge in [0.2, 0.25) is 0 Å². The largest absolute Gasteiger partial charge is 0.0614 e. The first-order valence-corrected chi connectivity index (χ1v) is 6.72. The lowest BCUT2D eigenvalue weighted by Crippen LogP contribution is -1.85. The molecule has 3 rings (SSSR count). The van der Waals surface area contributed by atoms with E-state index in [2.05, 4.69) is 75.4 Å². The van der Waals surface area contributed by atoms with E-state index in [1.54, 1.807) is 0 Å². The Morgan fingerprint density at radius 1 is 0.684 bits per heavy atom. The zero-order valence-corrected chi connectivity index (χ0v) is 11.7. The Labute approximate surface area is 114 Å². The average Bonchev–Trinajstić information content (AvgIpc) is 2.43. The van der Waals surface area contributed by atoms with Crippen molar-refractivity contribution in [2.24, 2.45) is 0 Å². The fourth-order valence-electron chi connectivity index (χ4n) is 2.60. The number of aryl methyl sites for hydroxylation is 3. The highest BCUT2D eigenvalue weighted by Gasteiger charge is 2.03. The summed E-state index contributed by atoms with van der Waals surface area (Å²) in [7, 11) is 0. The number of benzene rings is 3. The maximum atomic E-state index is 2.29. The van der Waals surface area contributed by atoms with Crippen LogP contribution in [0.3, 0.4) is 0 Å². The molecule has 3 aromatic carbocycles. The molecule has 0 atom stereocenters. The molecule has 0 spiro atoms. The molecule has 0 heteroatoms. The zero-order chi connectivity index (χ0) is 13.4. The Hall–Kier alpha value is -2.08. The highest BCUT2D eigenvalue weighted by Crippen LogP contribution is 2.27. The van der Waals surface area contributed by atoms with E-state index in [1.165, 1.54) is 38.6 Å². The molecule has 0 heterocycles. The summed E-state index contributed by atoms with van der Waals surface area (Å²) in [5.74, 6) is 0. The van der Waals surface area contributed by atoms with Crippen LogP contribution in [0.4, 0.5) is 0 Å². The minimum absolute atomic E-state index is 1.29. The standard InChI is InChI=1S/C19H18/c1-13-5-4-6-16(11-13)17-9-10-19-15(3)14(2)7-8-18(19)12-17/h4-12H,1-3H3. The SMILES string of the molecule is Cc1cccc(-c2ccc3c(C)c(C)ccc3c2)c1. The second-order valence-corrected chi connectivity index (χ2v) is 5.31. The van der Waals surface area contributed by atoms with Gasteiger partial charge < -0.3 is 0 Å². The highest BCUT2D eigenvalue weighted by molar-refractivity contribution is 5.90. The molecule has 0 saturated heterocycles. The molecule has 3 aromatic rings. The molecule has 0 saturated carbocycles. The second-order valence-electron chi connectivity index (χ2n) is 5.31. The summed E-state index contributed by atoms with van der Waals surface area (Å²) in [6, 6.07) is 19.9. The lowest BCUT2D eigenvalue weighted by Gasteiger charge is -2.09. The van der Waals surface area contributed by atoms with Crippen molar-refractivity contribution in [2.75, 3.05) is 0 Å². The third-order valence-electron chi connectivity index (χ3n) is 3.91. The van der Waals surface area contributed by atoms with Gasteiger partial charge in [0.1, 0.15) is 0 Å². The van der Waals surface area contributed by atoms with Crippen LogP contribution in [0, 0.1) is 20.8 Å². The molecule has 0 aliphatic carbocycles. The Kier molecular flexibility index (Phi) is 2.87. The molecule has 0 bridgehead atoms. The average molecular weight is 246 g/mol. The molecule has 0 N–H and O–H groups in total. The molecule has 0 radical (unpaired) electrons. The van der Waals surface area contributed by atoms with Crippen LogP contribution >= 0.6 is 0 Å². The fourth-order valence-corrected chi connectivity index (χ4v) is 2.60. The van der Waals surface area contributed by atoms with Crippen LogP contribution < -0.4 is 0 Å². The van der Waals surface area contributed by atoms with Crippen molar-refractivity contribution in [1.29, 1.82) is 0 Å². The molecule has 0 aromatic heterocycles. The topological polar surface area (TPSA) is 0 Å². The van der Waals surface area contributed by atoms with Crippen molar-refractivity contribution in [3.8, 4) is 11.1 Å². The van der Waals surface area contributed by atoms with E-state index in [0.717, 1.165) is 0 Å². The van der Waals surface area contributed by atoms with Crippen LogP contribution in [-0.2, 0) is 0 Å². The van der Waals surface area contributed by atoms with Gasteiger partial charge in [-0.1, -0.05) is 54.1 Å². The zero-order valence-electron chi connectivity index (χ0n) is 11.7. The van der Waals surface area contributed by atoms with E-state index in [1.807, 2.05) is 0 Å². The molecule has 0 aliphatic heterocycles. The maximum absolute atomic E-state index is 2.29. The molecule has 0 aliphatic rings. The Morgan fingerprint density at radius 3 is 2.26 bits per heavy atom. The van der Waals surface area contributed by atoms with Crippen LogP contribution in [0.5, 0.6) is 0 Å². The quantitative estimate of drug-likeness (QED) is 0.537. The number of hydrogen-bond donors (Lipinski definition) is 0. The van der Waals surface area contributed by atoms with Gasteiger partial charge >= 0.3 is 0 Å². The van der Waals surface area contributed by atoms with Crippen LogP contribution in [0.2, 0.25) is 0 Å². The van der Waals surface area contributed by atoms with Gasteiger partial charge in [0.05, 0.1) is 0 Å². The van der Waals surface area contributed by atoms with Gasteiger partial charge in [0.15, 0.2) is 0 Å². The maximum Gasteiger partial charge on any atom is -0.0152 e. The van der Waals surface area contributed by atoms with Crippen molar-refractivity contribution in [3.05, 3.63) is 71.3 Å². The molecule has 0 fully saturated rings. The summed E-state index contributed by atoms with van der Waals surface area (Å²) in [6.07, 6.45) is 0. The molecule has 0 nitrogen and oxygen atoms in total.